The average Bonchev–Trinajstić information content (AvgIpc) is 2.32. The van der Waals surface area contributed by atoms with E-state index >= 15 is 0 Å². The second-order valence-electron chi connectivity index (χ2n) is 4.10. The van der Waals surface area contributed by atoms with Crippen LogP contribution in [0.3, 0.4) is 0 Å². The molecule has 1 atom stereocenters. The van der Waals surface area contributed by atoms with Crippen molar-refractivity contribution in [2.75, 3.05) is 0 Å². The van der Waals surface area contributed by atoms with Gasteiger partial charge in [-0.05, 0) is 41.8 Å². The molecule has 18 heavy (non-hydrogen) atoms. The molecule has 0 amide bonds. The maximum Gasteiger partial charge on any atom is 0.0569 e. The summed E-state index contributed by atoms with van der Waals surface area (Å²) in [6.07, 6.45) is 0. The Morgan fingerprint density at radius 2 is 1.67 bits per heavy atom. The van der Waals surface area contributed by atoms with Crippen molar-refractivity contribution in [3.63, 3.8) is 0 Å². The van der Waals surface area contributed by atoms with Crippen LogP contribution in [0.4, 0.5) is 0 Å². The van der Waals surface area contributed by atoms with E-state index in [2.05, 4.69) is 0 Å². The minimum Gasteiger partial charge on any atom is -0.320 e. The van der Waals surface area contributed by atoms with Crippen LogP contribution in [-0.4, -0.2) is 0 Å². The fourth-order valence-corrected chi connectivity index (χ4v) is 2.59. The monoisotopic (exact) mass is 299 g/mol. The number of nitrogens with two attached hydrogens (primary N) is 1. The van der Waals surface area contributed by atoms with E-state index in [1.165, 1.54) is 0 Å². The van der Waals surface area contributed by atoms with Gasteiger partial charge in [-0.2, -0.15) is 0 Å². The number of hydrogen-bond donors (Lipinski definition) is 1. The molecule has 0 aliphatic heterocycles. The highest BCUT2D eigenvalue weighted by molar-refractivity contribution is 6.35. The molecule has 0 aromatic heterocycles. The van der Waals surface area contributed by atoms with E-state index in [4.69, 9.17) is 40.5 Å². The molecule has 2 rings (SSSR count). The summed E-state index contributed by atoms with van der Waals surface area (Å²) in [6, 6.07) is 10.7. The smallest absolute Gasteiger partial charge is 0.0569 e. The Morgan fingerprint density at radius 1 is 0.944 bits per heavy atom. The zero-order valence-electron chi connectivity index (χ0n) is 9.75. The van der Waals surface area contributed by atoms with Gasteiger partial charge in [0.1, 0.15) is 0 Å². The molecule has 2 N–H and O–H groups in total. The van der Waals surface area contributed by atoms with Gasteiger partial charge in [0.25, 0.3) is 0 Å². The van der Waals surface area contributed by atoms with E-state index in [9.17, 15) is 0 Å². The first-order valence-corrected chi connectivity index (χ1v) is 6.59. The lowest BCUT2D eigenvalue weighted by Gasteiger charge is -2.17. The highest BCUT2D eigenvalue weighted by Gasteiger charge is 2.15. The summed E-state index contributed by atoms with van der Waals surface area (Å²) in [7, 11) is 0. The van der Waals surface area contributed by atoms with Crippen LogP contribution < -0.4 is 5.73 Å². The van der Waals surface area contributed by atoms with Crippen molar-refractivity contribution < 1.29 is 0 Å². The van der Waals surface area contributed by atoms with Crippen LogP contribution in [0.1, 0.15) is 22.7 Å². The first-order valence-electron chi connectivity index (χ1n) is 5.46. The Hall–Kier alpha value is -0.730. The molecule has 0 bridgehead atoms. The third-order valence-electron chi connectivity index (χ3n) is 2.94. The van der Waals surface area contributed by atoms with Crippen molar-refractivity contribution in [3.8, 4) is 0 Å². The van der Waals surface area contributed by atoms with Gasteiger partial charge in [0.2, 0.25) is 0 Å². The molecule has 2 aromatic rings. The zero-order chi connectivity index (χ0) is 13.3. The molecule has 4 heteroatoms. The zero-order valence-corrected chi connectivity index (χ0v) is 12.0. The molecule has 0 radical (unpaired) electrons. The predicted molar refractivity (Wildman–Crippen MR) is 78.7 cm³/mol. The molecule has 1 nitrogen and oxygen atoms in total. The highest BCUT2D eigenvalue weighted by Crippen LogP contribution is 2.32. The molecule has 0 saturated carbocycles. The summed E-state index contributed by atoms with van der Waals surface area (Å²) in [5.74, 6) is 0. The van der Waals surface area contributed by atoms with Gasteiger partial charge in [0.05, 0.1) is 6.04 Å². The van der Waals surface area contributed by atoms with Crippen molar-refractivity contribution in [1.82, 2.24) is 0 Å². The summed E-state index contributed by atoms with van der Waals surface area (Å²) in [4.78, 5) is 0. The third kappa shape index (κ3) is 2.65. The van der Waals surface area contributed by atoms with Gasteiger partial charge in [0.15, 0.2) is 0 Å². The first kappa shape index (κ1) is 13.7. The first-order chi connectivity index (χ1) is 8.50. The standard InChI is InChI=1S/C14H12Cl3N/c1-8-10(3-2-4-12(8)16)14(18)11-6-5-9(15)7-13(11)17/h2-7,14H,18H2,1H3. The SMILES string of the molecule is Cc1c(Cl)cccc1C(N)c1ccc(Cl)cc1Cl. The van der Waals surface area contributed by atoms with Crippen LogP contribution in [0.5, 0.6) is 0 Å². The molecule has 0 aliphatic carbocycles. The number of rotatable bonds is 2. The highest BCUT2D eigenvalue weighted by atomic mass is 35.5. The number of benzene rings is 2. The normalized spacial score (nSPS) is 12.5. The molecule has 1 unspecified atom stereocenters. The molecular formula is C14H12Cl3N. The molecule has 94 valence electrons. The van der Waals surface area contributed by atoms with Crippen molar-refractivity contribution >= 4 is 34.8 Å². The molecular weight excluding hydrogens is 289 g/mol. The van der Waals surface area contributed by atoms with E-state index in [1.54, 1.807) is 12.1 Å². The number of halogens is 3. The van der Waals surface area contributed by atoms with Crippen molar-refractivity contribution in [2.24, 2.45) is 5.73 Å². The van der Waals surface area contributed by atoms with E-state index in [1.807, 2.05) is 31.2 Å². The lowest BCUT2D eigenvalue weighted by molar-refractivity contribution is 0.862. The third-order valence-corrected chi connectivity index (χ3v) is 3.91. The maximum atomic E-state index is 6.25. The number of hydrogen-bond acceptors (Lipinski definition) is 1. The van der Waals surface area contributed by atoms with Crippen molar-refractivity contribution in [1.29, 1.82) is 0 Å². The lowest BCUT2D eigenvalue weighted by Crippen LogP contribution is -2.13. The van der Waals surface area contributed by atoms with Crippen molar-refractivity contribution in [2.45, 2.75) is 13.0 Å². The molecule has 0 spiro atoms. The fraction of sp³-hybridized carbons (Fsp3) is 0.143. The van der Waals surface area contributed by atoms with E-state index < -0.39 is 0 Å². The lowest BCUT2D eigenvalue weighted by atomic mass is 9.96. The van der Waals surface area contributed by atoms with Crippen LogP contribution >= 0.6 is 34.8 Å². The Bertz CT molecular complexity index is 581. The van der Waals surface area contributed by atoms with Crippen LogP contribution in [0.25, 0.3) is 0 Å². The predicted octanol–water partition coefficient (Wildman–Crippen LogP) is 5.00. The van der Waals surface area contributed by atoms with Crippen LogP contribution in [-0.2, 0) is 0 Å². The molecule has 0 saturated heterocycles. The Labute approximate surface area is 121 Å². The summed E-state index contributed by atoms with van der Waals surface area (Å²) >= 11 is 18.1. The van der Waals surface area contributed by atoms with Crippen LogP contribution in [0.2, 0.25) is 15.1 Å². The van der Waals surface area contributed by atoms with Gasteiger partial charge in [0, 0.05) is 15.1 Å². The van der Waals surface area contributed by atoms with Crippen LogP contribution in [0.15, 0.2) is 36.4 Å². The van der Waals surface area contributed by atoms with Gasteiger partial charge >= 0.3 is 0 Å². The van der Waals surface area contributed by atoms with E-state index in [0.717, 1.165) is 16.7 Å². The van der Waals surface area contributed by atoms with Gasteiger partial charge < -0.3 is 5.73 Å². The molecule has 0 aliphatic rings. The summed E-state index contributed by atoms with van der Waals surface area (Å²) in [5, 5.41) is 1.86. The fourth-order valence-electron chi connectivity index (χ4n) is 1.88. The molecule has 0 fully saturated rings. The van der Waals surface area contributed by atoms with Gasteiger partial charge in [-0.15, -0.1) is 0 Å². The van der Waals surface area contributed by atoms with Gasteiger partial charge in [-0.3, -0.25) is 0 Å². The second-order valence-corrected chi connectivity index (χ2v) is 5.35. The maximum absolute atomic E-state index is 6.25. The quantitative estimate of drug-likeness (QED) is 0.829. The van der Waals surface area contributed by atoms with Crippen LogP contribution in [0, 0.1) is 6.92 Å². The summed E-state index contributed by atoms with van der Waals surface area (Å²) in [5.41, 5.74) is 9.02. The topological polar surface area (TPSA) is 26.0 Å². The molecule has 2 aromatic carbocycles. The summed E-state index contributed by atoms with van der Waals surface area (Å²) in [6.45, 7) is 1.95. The van der Waals surface area contributed by atoms with Crippen molar-refractivity contribution in [3.05, 3.63) is 68.2 Å². The van der Waals surface area contributed by atoms with Gasteiger partial charge in [-0.1, -0.05) is 53.0 Å². The van der Waals surface area contributed by atoms with E-state index in [-0.39, 0.29) is 6.04 Å². The van der Waals surface area contributed by atoms with E-state index in [0.29, 0.717) is 15.1 Å². The molecule has 0 heterocycles. The largest absolute Gasteiger partial charge is 0.320 e. The Kier molecular flexibility index (Phi) is 4.18. The average molecular weight is 301 g/mol. The second kappa shape index (κ2) is 5.50. The minimum atomic E-state index is -0.312. The van der Waals surface area contributed by atoms with Gasteiger partial charge in [-0.25, -0.2) is 0 Å². The Morgan fingerprint density at radius 3 is 2.33 bits per heavy atom. The summed E-state index contributed by atoms with van der Waals surface area (Å²) < 4.78 is 0. The Balaban J connectivity index is 2.48. The minimum absolute atomic E-state index is 0.312.